The number of nitrogens with two attached hydrogens (primary N) is 2. The molecule has 0 atom stereocenters. The fourth-order valence-corrected chi connectivity index (χ4v) is 1.91. The van der Waals surface area contributed by atoms with E-state index in [9.17, 15) is 9.59 Å². The van der Waals surface area contributed by atoms with E-state index in [0.29, 0.717) is 5.69 Å². The van der Waals surface area contributed by atoms with Crippen LogP contribution in [0.25, 0.3) is 11.3 Å². The number of amides is 2. The first-order valence-electron chi connectivity index (χ1n) is 6.18. The molecule has 0 aliphatic heterocycles. The standard InChI is InChI=1S/C15H15N3O2/c16-14(19)12(15(17)20)9-11-7-4-8-13(18-11)10-5-2-1-3-6-10/h1-8,12H,9H2,(H2,16,19)(H2,17,20). The highest BCUT2D eigenvalue weighted by Crippen LogP contribution is 2.17. The topological polar surface area (TPSA) is 99.1 Å². The summed E-state index contributed by atoms with van der Waals surface area (Å²) in [7, 11) is 0. The Kier molecular flexibility index (Phi) is 4.10. The number of rotatable bonds is 5. The van der Waals surface area contributed by atoms with Gasteiger partial charge in [-0.25, -0.2) is 0 Å². The second kappa shape index (κ2) is 5.97. The number of primary amides is 2. The van der Waals surface area contributed by atoms with Gasteiger partial charge in [-0.05, 0) is 12.1 Å². The number of hydrogen-bond acceptors (Lipinski definition) is 3. The van der Waals surface area contributed by atoms with Crippen molar-refractivity contribution in [3.63, 3.8) is 0 Å². The van der Waals surface area contributed by atoms with Gasteiger partial charge in [0.25, 0.3) is 0 Å². The molecule has 0 spiro atoms. The van der Waals surface area contributed by atoms with Crippen LogP contribution in [-0.2, 0) is 16.0 Å². The fraction of sp³-hybridized carbons (Fsp3) is 0.133. The lowest BCUT2D eigenvalue weighted by Gasteiger charge is -2.10. The first kappa shape index (κ1) is 13.7. The third kappa shape index (κ3) is 3.20. The van der Waals surface area contributed by atoms with Crippen LogP contribution in [0.15, 0.2) is 48.5 Å². The van der Waals surface area contributed by atoms with E-state index in [4.69, 9.17) is 11.5 Å². The molecule has 20 heavy (non-hydrogen) atoms. The lowest BCUT2D eigenvalue weighted by atomic mass is 10.0. The molecule has 0 unspecified atom stereocenters. The summed E-state index contributed by atoms with van der Waals surface area (Å²) in [6.45, 7) is 0. The zero-order valence-electron chi connectivity index (χ0n) is 10.8. The van der Waals surface area contributed by atoms with Gasteiger partial charge < -0.3 is 11.5 Å². The van der Waals surface area contributed by atoms with E-state index < -0.39 is 17.7 Å². The third-order valence-corrected chi connectivity index (χ3v) is 2.98. The van der Waals surface area contributed by atoms with Crippen molar-refractivity contribution < 1.29 is 9.59 Å². The summed E-state index contributed by atoms with van der Waals surface area (Å²) >= 11 is 0. The number of benzene rings is 1. The van der Waals surface area contributed by atoms with Crippen molar-refractivity contribution in [2.45, 2.75) is 6.42 Å². The first-order chi connectivity index (χ1) is 9.58. The minimum absolute atomic E-state index is 0.116. The molecule has 5 heteroatoms. The maximum Gasteiger partial charge on any atom is 0.230 e. The molecule has 5 nitrogen and oxygen atoms in total. The zero-order chi connectivity index (χ0) is 14.5. The Labute approximate surface area is 116 Å². The monoisotopic (exact) mass is 269 g/mol. The number of pyridine rings is 1. The van der Waals surface area contributed by atoms with E-state index in [-0.39, 0.29) is 6.42 Å². The van der Waals surface area contributed by atoms with E-state index in [1.165, 1.54) is 0 Å². The van der Waals surface area contributed by atoms with Gasteiger partial charge >= 0.3 is 0 Å². The van der Waals surface area contributed by atoms with E-state index in [1.807, 2.05) is 42.5 Å². The van der Waals surface area contributed by atoms with Crippen LogP contribution in [0.3, 0.4) is 0 Å². The van der Waals surface area contributed by atoms with Crippen molar-refractivity contribution in [3.8, 4) is 11.3 Å². The average molecular weight is 269 g/mol. The Morgan fingerprint density at radius 1 is 0.950 bits per heavy atom. The summed E-state index contributed by atoms with van der Waals surface area (Å²) in [4.78, 5) is 26.8. The van der Waals surface area contributed by atoms with Gasteiger partial charge in [-0.3, -0.25) is 14.6 Å². The van der Waals surface area contributed by atoms with Crippen LogP contribution in [0.4, 0.5) is 0 Å². The van der Waals surface area contributed by atoms with Crippen LogP contribution in [0.2, 0.25) is 0 Å². The van der Waals surface area contributed by atoms with Crippen LogP contribution < -0.4 is 11.5 Å². The van der Waals surface area contributed by atoms with Gasteiger partial charge in [-0.2, -0.15) is 0 Å². The van der Waals surface area contributed by atoms with Crippen LogP contribution in [-0.4, -0.2) is 16.8 Å². The highest BCUT2D eigenvalue weighted by atomic mass is 16.2. The van der Waals surface area contributed by atoms with Crippen molar-refractivity contribution in [1.82, 2.24) is 4.98 Å². The van der Waals surface area contributed by atoms with Crippen molar-refractivity contribution in [2.24, 2.45) is 17.4 Å². The Morgan fingerprint density at radius 2 is 1.60 bits per heavy atom. The molecule has 1 heterocycles. The van der Waals surface area contributed by atoms with E-state index in [1.54, 1.807) is 6.07 Å². The number of hydrogen-bond donors (Lipinski definition) is 2. The Bertz CT molecular complexity index is 612. The molecule has 1 aromatic carbocycles. The highest BCUT2D eigenvalue weighted by molar-refractivity contribution is 5.98. The summed E-state index contributed by atoms with van der Waals surface area (Å²) in [5.41, 5.74) is 12.7. The highest BCUT2D eigenvalue weighted by Gasteiger charge is 2.22. The summed E-state index contributed by atoms with van der Waals surface area (Å²) in [6.07, 6.45) is 0.116. The molecule has 102 valence electrons. The third-order valence-electron chi connectivity index (χ3n) is 2.98. The molecule has 0 saturated heterocycles. The number of carbonyl (C=O) groups is 2. The molecular formula is C15H15N3O2. The molecular weight excluding hydrogens is 254 g/mol. The first-order valence-corrected chi connectivity index (χ1v) is 6.18. The second-order valence-electron chi connectivity index (χ2n) is 4.44. The quantitative estimate of drug-likeness (QED) is 0.788. The smallest absolute Gasteiger partial charge is 0.230 e. The molecule has 2 amide bonds. The zero-order valence-corrected chi connectivity index (χ0v) is 10.8. The van der Waals surface area contributed by atoms with E-state index in [0.717, 1.165) is 11.3 Å². The van der Waals surface area contributed by atoms with E-state index >= 15 is 0 Å². The Morgan fingerprint density at radius 3 is 2.20 bits per heavy atom. The molecule has 0 aliphatic carbocycles. The number of nitrogens with zero attached hydrogens (tertiary/aromatic N) is 1. The van der Waals surface area contributed by atoms with Gasteiger partial charge in [0.05, 0.1) is 5.69 Å². The van der Waals surface area contributed by atoms with Crippen LogP contribution >= 0.6 is 0 Å². The van der Waals surface area contributed by atoms with Crippen molar-refractivity contribution in [2.75, 3.05) is 0 Å². The van der Waals surface area contributed by atoms with Gasteiger partial charge in [-0.15, -0.1) is 0 Å². The molecule has 1 aromatic heterocycles. The minimum atomic E-state index is -1.03. The van der Waals surface area contributed by atoms with Gasteiger partial charge in [0.15, 0.2) is 0 Å². The van der Waals surface area contributed by atoms with Crippen molar-refractivity contribution >= 4 is 11.8 Å². The van der Waals surface area contributed by atoms with Crippen LogP contribution in [0.5, 0.6) is 0 Å². The van der Waals surface area contributed by atoms with Gasteiger partial charge in [-0.1, -0.05) is 36.4 Å². The average Bonchev–Trinajstić information content (AvgIpc) is 2.45. The molecule has 2 rings (SSSR count). The molecule has 0 aliphatic rings. The normalized spacial score (nSPS) is 10.4. The SMILES string of the molecule is NC(=O)C(Cc1cccc(-c2ccccc2)n1)C(N)=O. The molecule has 0 radical (unpaired) electrons. The largest absolute Gasteiger partial charge is 0.369 e. The van der Waals surface area contributed by atoms with Crippen molar-refractivity contribution in [1.29, 1.82) is 0 Å². The fourth-order valence-electron chi connectivity index (χ4n) is 1.91. The number of carbonyl (C=O) groups excluding carboxylic acids is 2. The van der Waals surface area contributed by atoms with Crippen molar-refractivity contribution in [3.05, 3.63) is 54.2 Å². The summed E-state index contributed by atoms with van der Waals surface area (Å²) < 4.78 is 0. The summed E-state index contributed by atoms with van der Waals surface area (Å²) in [5, 5.41) is 0. The Balaban J connectivity index is 2.26. The Hall–Kier alpha value is -2.69. The van der Waals surface area contributed by atoms with E-state index in [2.05, 4.69) is 4.98 Å². The maximum absolute atomic E-state index is 11.2. The summed E-state index contributed by atoms with van der Waals surface area (Å²) in [6, 6.07) is 15.1. The van der Waals surface area contributed by atoms with Gasteiger partial charge in [0, 0.05) is 17.7 Å². The predicted molar refractivity (Wildman–Crippen MR) is 75.3 cm³/mol. The van der Waals surface area contributed by atoms with Gasteiger partial charge in [0.1, 0.15) is 5.92 Å². The predicted octanol–water partition coefficient (Wildman–Crippen LogP) is 0.878. The molecule has 0 fully saturated rings. The lowest BCUT2D eigenvalue weighted by molar-refractivity contribution is -0.131. The maximum atomic E-state index is 11.2. The van der Waals surface area contributed by atoms with Crippen LogP contribution in [0, 0.1) is 5.92 Å². The number of aromatic nitrogens is 1. The van der Waals surface area contributed by atoms with Crippen LogP contribution in [0.1, 0.15) is 5.69 Å². The molecule has 0 saturated carbocycles. The second-order valence-corrected chi connectivity index (χ2v) is 4.44. The lowest BCUT2D eigenvalue weighted by Crippen LogP contribution is -2.36. The molecule has 4 N–H and O–H groups in total. The molecule has 0 bridgehead atoms. The minimum Gasteiger partial charge on any atom is -0.369 e. The summed E-state index contributed by atoms with van der Waals surface area (Å²) in [5.74, 6) is -2.50. The molecule has 2 aromatic rings. The van der Waals surface area contributed by atoms with Gasteiger partial charge in [0.2, 0.25) is 11.8 Å².